The molecule has 2 heterocycles. The molecule has 0 spiro atoms. The largest absolute Gasteiger partial charge is 0.433 e. The van der Waals surface area contributed by atoms with Crippen LogP contribution in [0.4, 0.5) is 18.9 Å². The standard InChI is InChI=1S/C11H9F3N4S/c1-6-3-17-10(18-4-6)19-8-2-9(11(12,13)14)16-5-7(8)15/h2-5H,15H2,1H3. The molecule has 0 bridgehead atoms. The summed E-state index contributed by atoms with van der Waals surface area (Å²) >= 11 is 0.966. The molecule has 2 aromatic heterocycles. The van der Waals surface area contributed by atoms with Crippen molar-refractivity contribution in [3.63, 3.8) is 0 Å². The zero-order valence-corrected chi connectivity index (χ0v) is 10.6. The van der Waals surface area contributed by atoms with E-state index < -0.39 is 11.9 Å². The summed E-state index contributed by atoms with van der Waals surface area (Å²) in [6, 6.07) is 0.892. The van der Waals surface area contributed by atoms with E-state index in [0.717, 1.165) is 29.6 Å². The summed E-state index contributed by atoms with van der Waals surface area (Å²) in [5, 5.41) is 0.330. The van der Waals surface area contributed by atoms with E-state index in [1.54, 1.807) is 12.4 Å². The normalized spacial score (nSPS) is 11.6. The first-order chi connectivity index (χ1) is 8.86. The summed E-state index contributed by atoms with van der Waals surface area (Å²) in [6.45, 7) is 1.82. The number of alkyl halides is 3. The molecule has 8 heteroatoms. The minimum Gasteiger partial charge on any atom is -0.397 e. The number of anilines is 1. The summed E-state index contributed by atoms with van der Waals surface area (Å²) in [4.78, 5) is 11.5. The Labute approximate surface area is 111 Å². The van der Waals surface area contributed by atoms with Gasteiger partial charge in [0, 0.05) is 17.3 Å². The molecule has 0 saturated carbocycles. The fourth-order valence-electron chi connectivity index (χ4n) is 1.22. The topological polar surface area (TPSA) is 64.7 Å². The van der Waals surface area contributed by atoms with Gasteiger partial charge in [-0.05, 0) is 30.3 Å². The Kier molecular flexibility index (Phi) is 3.61. The summed E-state index contributed by atoms with van der Waals surface area (Å²) in [5.74, 6) is 0. The summed E-state index contributed by atoms with van der Waals surface area (Å²) in [7, 11) is 0. The molecule has 0 saturated heterocycles. The van der Waals surface area contributed by atoms with E-state index in [1.165, 1.54) is 0 Å². The van der Waals surface area contributed by atoms with Crippen LogP contribution in [-0.4, -0.2) is 15.0 Å². The number of nitrogens with two attached hydrogens (primary N) is 1. The molecule has 2 rings (SSSR count). The number of nitrogen functional groups attached to an aromatic ring is 1. The predicted molar refractivity (Wildman–Crippen MR) is 64.5 cm³/mol. The minimum atomic E-state index is -4.50. The molecule has 0 radical (unpaired) electrons. The molecular formula is C11H9F3N4S. The highest BCUT2D eigenvalue weighted by Gasteiger charge is 2.33. The number of hydrogen-bond donors (Lipinski definition) is 1. The first kappa shape index (κ1) is 13.6. The van der Waals surface area contributed by atoms with Crippen molar-refractivity contribution in [2.24, 2.45) is 0 Å². The Morgan fingerprint density at radius 2 is 1.74 bits per heavy atom. The molecule has 0 amide bonds. The number of rotatable bonds is 2. The van der Waals surface area contributed by atoms with E-state index in [-0.39, 0.29) is 10.6 Å². The Hall–Kier alpha value is -1.83. The lowest BCUT2D eigenvalue weighted by Gasteiger charge is -2.09. The van der Waals surface area contributed by atoms with E-state index in [1.807, 2.05) is 6.92 Å². The van der Waals surface area contributed by atoms with Crippen LogP contribution in [0.2, 0.25) is 0 Å². The van der Waals surface area contributed by atoms with Crippen LogP contribution in [0.1, 0.15) is 11.3 Å². The third-order valence-corrected chi connectivity index (χ3v) is 3.11. The molecule has 2 aromatic rings. The van der Waals surface area contributed by atoms with Crippen LogP contribution in [0.15, 0.2) is 34.7 Å². The first-order valence-corrected chi connectivity index (χ1v) is 5.97. The van der Waals surface area contributed by atoms with Gasteiger partial charge < -0.3 is 5.73 Å². The van der Waals surface area contributed by atoms with Gasteiger partial charge in [-0.2, -0.15) is 13.2 Å². The molecule has 0 aliphatic heterocycles. The maximum Gasteiger partial charge on any atom is 0.433 e. The molecule has 0 fully saturated rings. The number of aryl methyl sites for hydroxylation is 1. The lowest BCUT2D eigenvalue weighted by Crippen LogP contribution is -2.08. The van der Waals surface area contributed by atoms with Gasteiger partial charge in [0.25, 0.3) is 0 Å². The van der Waals surface area contributed by atoms with Gasteiger partial charge in [0.2, 0.25) is 0 Å². The molecule has 0 atom stereocenters. The van der Waals surface area contributed by atoms with Crippen LogP contribution in [0.25, 0.3) is 0 Å². The van der Waals surface area contributed by atoms with Gasteiger partial charge in [-0.15, -0.1) is 0 Å². The molecule has 0 aliphatic carbocycles. The maximum atomic E-state index is 12.5. The highest BCUT2D eigenvalue weighted by Crippen LogP contribution is 2.34. The second kappa shape index (κ2) is 5.04. The van der Waals surface area contributed by atoms with Gasteiger partial charge >= 0.3 is 6.18 Å². The van der Waals surface area contributed by atoms with Crippen LogP contribution in [0.5, 0.6) is 0 Å². The Morgan fingerprint density at radius 1 is 1.11 bits per heavy atom. The summed E-state index contributed by atoms with van der Waals surface area (Å²) in [6.07, 6.45) is -0.356. The third kappa shape index (κ3) is 3.34. The van der Waals surface area contributed by atoms with Crippen LogP contribution < -0.4 is 5.73 Å². The fraction of sp³-hybridized carbons (Fsp3) is 0.182. The lowest BCUT2D eigenvalue weighted by atomic mass is 10.3. The Bertz CT molecular complexity index is 583. The van der Waals surface area contributed by atoms with Crippen molar-refractivity contribution in [1.29, 1.82) is 0 Å². The van der Waals surface area contributed by atoms with Crippen molar-refractivity contribution in [3.8, 4) is 0 Å². The van der Waals surface area contributed by atoms with E-state index in [4.69, 9.17) is 5.73 Å². The van der Waals surface area contributed by atoms with Crippen molar-refractivity contribution in [2.45, 2.75) is 23.2 Å². The van der Waals surface area contributed by atoms with Crippen LogP contribution in [-0.2, 0) is 6.18 Å². The van der Waals surface area contributed by atoms with E-state index >= 15 is 0 Å². The number of halogens is 3. The van der Waals surface area contributed by atoms with Crippen molar-refractivity contribution in [1.82, 2.24) is 15.0 Å². The Morgan fingerprint density at radius 3 is 2.32 bits per heavy atom. The quantitative estimate of drug-likeness (QED) is 0.860. The van der Waals surface area contributed by atoms with Gasteiger partial charge in [0.05, 0.1) is 11.9 Å². The number of hydrogen-bond acceptors (Lipinski definition) is 5. The number of pyridine rings is 1. The molecule has 0 unspecified atom stereocenters. The predicted octanol–water partition coefficient (Wildman–Crippen LogP) is 2.93. The molecule has 100 valence electrons. The van der Waals surface area contributed by atoms with E-state index in [9.17, 15) is 13.2 Å². The molecular weight excluding hydrogens is 277 g/mol. The van der Waals surface area contributed by atoms with Gasteiger partial charge in [-0.1, -0.05) is 0 Å². The van der Waals surface area contributed by atoms with E-state index in [0.29, 0.717) is 5.16 Å². The average Bonchev–Trinajstić information content (AvgIpc) is 2.33. The van der Waals surface area contributed by atoms with Crippen molar-refractivity contribution in [2.75, 3.05) is 5.73 Å². The van der Waals surface area contributed by atoms with Crippen molar-refractivity contribution in [3.05, 3.63) is 35.9 Å². The van der Waals surface area contributed by atoms with Gasteiger partial charge in [-0.25, -0.2) is 15.0 Å². The molecule has 19 heavy (non-hydrogen) atoms. The van der Waals surface area contributed by atoms with Gasteiger partial charge in [0.1, 0.15) is 5.69 Å². The maximum absolute atomic E-state index is 12.5. The summed E-state index contributed by atoms with van der Waals surface area (Å²) in [5.41, 5.74) is 5.63. The second-order valence-electron chi connectivity index (χ2n) is 3.75. The van der Waals surface area contributed by atoms with Crippen LogP contribution >= 0.6 is 11.8 Å². The molecule has 0 aromatic carbocycles. The third-order valence-electron chi connectivity index (χ3n) is 2.14. The van der Waals surface area contributed by atoms with Gasteiger partial charge in [-0.3, -0.25) is 0 Å². The molecule has 4 nitrogen and oxygen atoms in total. The smallest absolute Gasteiger partial charge is 0.397 e. The highest BCUT2D eigenvalue weighted by atomic mass is 32.2. The monoisotopic (exact) mass is 286 g/mol. The molecule has 0 aliphatic rings. The first-order valence-electron chi connectivity index (χ1n) is 5.15. The van der Waals surface area contributed by atoms with Crippen molar-refractivity contribution < 1.29 is 13.2 Å². The highest BCUT2D eigenvalue weighted by molar-refractivity contribution is 7.99. The zero-order valence-electron chi connectivity index (χ0n) is 9.77. The Balaban J connectivity index is 2.31. The second-order valence-corrected chi connectivity index (χ2v) is 4.76. The average molecular weight is 286 g/mol. The van der Waals surface area contributed by atoms with E-state index in [2.05, 4.69) is 15.0 Å². The van der Waals surface area contributed by atoms with Crippen LogP contribution in [0.3, 0.4) is 0 Å². The minimum absolute atomic E-state index is 0.155. The SMILES string of the molecule is Cc1cnc(Sc2cc(C(F)(F)F)ncc2N)nc1. The van der Waals surface area contributed by atoms with Gasteiger partial charge in [0.15, 0.2) is 5.16 Å². The van der Waals surface area contributed by atoms with Crippen LogP contribution in [0, 0.1) is 6.92 Å². The number of nitrogens with zero attached hydrogens (tertiary/aromatic N) is 3. The summed E-state index contributed by atoms with van der Waals surface area (Å²) < 4.78 is 37.6. The zero-order chi connectivity index (χ0) is 14.0. The fourth-order valence-corrected chi connectivity index (χ4v) is 1.97. The van der Waals surface area contributed by atoms with Crippen molar-refractivity contribution >= 4 is 17.4 Å². The number of aromatic nitrogens is 3. The lowest BCUT2D eigenvalue weighted by molar-refractivity contribution is -0.141. The molecule has 2 N–H and O–H groups in total.